The molecule has 0 spiro atoms. The van der Waals surface area contributed by atoms with E-state index in [-0.39, 0.29) is 0 Å². The van der Waals surface area contributed by atoms with E-state index in [2.05, 4.69) is 20.3 Å². The molecule has 0 amide bonds. The number of aromatic nitrogens is 4. The average Bonchev–Trinajstić information content (AvgIpc) is 3.08. The van der Waals surface area contributed by atoms with Gasteiger partial charge in [-0.1, -0.05) is 11.6 Å². The van der Waals surface area contributed by atoms with Crippen molar-refractivity contribution >= 4 is 17.0 Å². The first-order valence-corrected chi connectivity index (χ1v) is 8.07. The molecule has 0 aliphatic carbocycles. The lowest BCUT2D eigenvalue weighted by Gasteiger charge is -2.27. The van der Waals surface area contributed by atoms with Crippen LogP contribution < -0.4 is 5.32 Å². The summed E-state index contributed by atoms with van der Waals surface area (Å²) in [5, 5.41) is 33.3. The normalized spacial score (nSPS) is 29.1. The van der Waals surface area contributed by atoms with Gasteiger partial charge >= 0.3 is 0 Å². The predicted molar refractivity (Wildman–Crippen MR) is 90.9 cm³/mol. The lowest BCUT2D eigenvalue weighted by atomic mass is 9.96. The van der Waals surface area contributed by atoms with Crippen molar-refractivity contribution in [3.05, 3.63) is 24.3 Å². The van der Waals surface area contributed by atoms with Crippen LogP contribution in [0.2, 0.25) is 0 Å². The Balaban J connectivity index is 1.95. The van der Waals surface area contributed by atoms with Crippen molar-refractivity contribution in [3.63, 3.8) is 0 Å². The number of nitrogens with zero attached hydrogens (tertiary/aromatic N) is 4. The number of imidazole rings is 1. The van der Waals surface area contributed by atoms with Gasteiger partial charge in [0.25, 0.3) is 0 Å². The maximum atomic E-state index is 10.6. The van der Waals surface area contributed by atoms with Crippen molar-refractivity contribution in [2.45, 2.75) is 44.8 Å². The molecular weight excluding hydrogens is 326 g/mol. The first kappa shape index (κ1) is 17.7. The number of rotatable bonds is 5. The topological polar surface area (TPSA) is 126 Å². The summed E-state index contributed by atoms with van der Waals surface area (Å²) in [6, 6.07) is 0. The Morgan fingerprint density at radius 2 is 2.16 bits per heavy atom. The summed E-state index contributed by atoms with van der Waals surface area (Å²) in [6.07, 6.45) is 1.88. The summed E-state index contributed by atoms with van der Waals surface area (Å²) >= 11 is 0. The fourth-order valence-electron chi connectivity index (χ4n) is 2.89. The van der Waals surface area contributed by atoms with Crippen LogP contribution in [-0.2, 0) is 4.74 Å². The largest absolute Gasteiger partial charge is 0.394 e. The van der Waals surface area contributed by atoms with Gasteiger partial charge in [-0.3, -0.25) is 4.57 Å². The summed E-state index contributed by atoms with van der Waals surface area (Å²) in [7, 11) is 0. The summed E-state index contributed by atoms with van der Waals surface area (Å²) in [6.45, 7) is 5.68. The van der Waals surface area contributed by atoms with E-state index in [9.17, 15) is 15.3 Å². The first-order chi connectivity index (χ1) is 11.9. The van der Waals surface area contributed by atoms with Crippen molar-refractivity contribution in [1.29, 1.82) is 0 Å². The highest BCUT2D eigenvalue weighted by Gasteiger charge is 2.53. The number of fused-ring (bicyclic) bond motifs is 1. The van der Waals surface area contributed by atoms with E-state index in [0.717, 1.165) is 0 Å². The lowest BCUT2D eigenvalue weighted by molar-refractivity contribution is -0.0950. The summed E-state index contributed by atoms with van der Waals surface area (Å²) in [5.41, 5.74) is 0.585. The molecule has 1 saturated heterocycles. The van der Waals surface area contributed by atoms with Crippen LogP contribution in [0, 0.1) is 0 Å². The average molecular weight is 349 g/mol. The number of aliphatic hydroxyl groups excluding tert-OH is 2. The summed E-state index contributed by atoms with van der Waals surface area (Å²) < 4.78 is 7.17. The Morgan fingerprint density at radius 1 is 1.40 bits per heavy atom. The van der Waals surface area contributed by atoms with Crippen LogP contribution in [0.5, 0.6) is 0 Å². The third-order valence-electron chi connectivity index (χ3n) is 4.33. The molecule has 0 aromatic carbocycles. The summed E-state index contributed by atoms with van der Waals surface area (Å²) in [4.78, 5) is 12.8. The van der Waals surface area contributed by atoms with Gasteiger partial charge in [-0.25, -0.2) is 15.0 Å². The molecule has 4 atom stereocenters. The molecule has 3 rings (SSSR count). The minimum atomic E-state index is -1.60. The standard InChI is InChI=1S/C16H23N5O4/c1-9(2)4-5-17-13-11-14(19-7-18-13)21(8-20-11)15-16(3,24)12(23)10(6-22)25-15/h4,7-8,10,12,15,22-24H,5-6H2,1-3H3,(H,17,18,19)/t10-,12-,15-,16-/m1/s1. The minimum Gasteiger partial charge on any atom is -0.394 e. The van der Waals surface area contributed by atoms with Crippen LogP contribution >= 0.6 is 0 Å². The molecule has 1 fully saturated rings. The maximum Gasteiger partial charge on any atom is 0.168 e. The fourth-order valence-corrected chi connectivity index (χ4v) is 2.89. The molecule has 2 aromatic rings. The number of hydrogen-bond donors (Lipinski definition) is 4. The molecule has 25 heavy (non-hydrogen) atoms. The van der Waals surface area contributed by atoms with E-state index < -0.39 is 30.6 Å². The molecule has 3 heterocycles. The van der Waals surface area contributed by atoms with E-state index in [1.54, 1.807) is 4.57 Å². The van der Waals surface area contributed by atoms with Gasteiger partial charge in [-0.15, -0.1) is 0 Å². The van der Waals surface area contributed by atoms with Gasteiger partial charge in [0.05, 0.1) is 12.9 Å². The highest BCUT2D eigenvalue weighted by Crippen LogP contribution is 2.39. The molecule has 4 N–H and O–H groups in total. The minimum absolute atomic E-state index is 0.398. The van der Waals surface area contributed by atoms with Crippen molar-refractivity contribution in [2.75, 3.05) is 18.5 Å². The Bertz CT molecular complexity index is 784. The molecule has 1 aliphatic rings. The fraction of sp³-hybridized carbons (Fsp3) is 0.562. The molecule has 0 radical (unpaired) electrons. The first-order valence-electron chi connectivity index (χ1n) is 8.07. The Hall–Kier alpha value is -2.07. The third kappa shape index (κ3) is 3.11. The highest BCUT2D eigenvalue weighted by atomic mass is 16.6. The molecule has 0 saturated carbocycles. The molecule has 0 unspecified atom stereocenters. The van der Waals surface area contributed by atoms with E-state index in [1.807, 2.05) is 19.9 Å². The van der Waals surface area contributed by atoms with Crippen LogP contribution in [-0.4, -0.2) is 65.8 Å². The predicted octanol–water partition coefficient (Wildman–Crippen LogP) is 0.206. The number of hydrogen-bond acceptors (Lipinski definition) is 8. The smallest absolute Gasteiger partial charge is 0.168 e. The van der Waals surface area contributed by atoms with Crippen LogP contribution in [0.15, 0.2) is 24.3 Å². The van der Waals surface area contributed by atoms with Gasteiger partial charge in [0, 0.05) is 6.54 Å². The molecule has 9 heteroatoms. The van der Waals surface area contributed by atoms with Gasteiger partial charge in [0.1, 0.15) is 24.1 Å². The lowest BCUT2D eigenvalue weighted by Crippen LogP contribution is -2.44. The van der Waals surface area contributed by atoms with Crippen LogP contribution in [0.25, 0.3) is 11.2 Å². The number of anilines is 1. The van der Waals surface area contributed by atoms with Crippen molar-refractivity contribution < 1.29 is 20.1 Å². The maximum absolute atomic E-state index is 10.6. The Kier molecular flexibility index (Phi) is 4.74. The monoisotopic (exact) mass is 349 g/mol. The van der Waals surface area contributed by atoms with Crippen LogP contribution in [0.1, 0.15) is 27.0 Å². The number of aliphatic hydroxyl groups is 3. The molecule has 2 aromatic heterocycles. The molecule has 9 nitrogen and oxygen atoms in total. The SMILES string of the molecule is CC(C)=CCNc1ncnc2c1ncn2[C@@H]1O[C@H](CO)[C@@H](O)[C@@]1(C)O. The van der Waals surface area contributed by atoms with E-state index in [0.29, 0.717) is 23.5 Å². The highest BCUT2D eigenvalue weighted by molar-refractivity contribution is 5.82. The summed E-state index contributed by atoms with van der Waals surface area (Å²) in [5.74, 6) is 0.568. The van der Waals surface area contributed by atoms with Gasteiger partial charge in [0.2, 0.25) is 0 Å². The zero-order valence-electron chi connectivity index (χ0n) is 14.4. The van der Waals surface area contributed by atoms with Gasteiger partial charge in [-0.2, -0.15) is 0 Å². The molecular formula is C16H23N5O4. The quantitative estimate of drug-likeness (QED) is 0.564. The van der Waals surface area contributed by atoms with Crippen LogP contribution in [0.4, 0.5) is 5.82 Å². The third-order valence-corrected chi connectivity index (χ3v) is 4.33. The van der Waals surface area contributed by atoms with Crippen molar-refractivity contribution in [3.8, 4) is 0 Å². The van der Waals surface area contributed by atoms with Crippen molar-refractivity contribution in [2.24, 2.45) is 0 Å². The molecule has 1 aliphatic heterocycles. The molecule has 136 valence electrons. The van der Waals surface area contributed by atoms with Gasteiger partial charge in [0.15, 0.2) is 23.2 Å². The second-order valence-corrected chi connectivity index (χ2v) is 6.59. The second-order valence-electron chi connectivity index (χ2n) is 6.59. The second kappa shape index (κ2) is 6.68. The van der Waals surface area contributed by atoms with Gasteiger partial charge in [-0.05, 0) is 20.8 Å². The Morgan fingerprint density at radius 3 is 2.80 bits per heavy atom. The van der Waals surface area contributed by atoms with E-state index >= 15 is 0 Å². The van der Waals surface area contributed by atoms with E-state index in [4.69, 9.17) is 4.74 Å². The molecule has 0 bridgehead atoms. The van der Waals surface area contributed by atoms with Crippen molar-refractivity contribution in [1.82, 2.24) is 19.5 Å². The Labute approximate surface area is 145 Å². The zero-order valence-corrected chi connectivity index (χ0v) is 14.4. The number of allylic oxidation sites excluding steroid dienone is 1. The van der Waals surface area contributed by atoms with E-state index in [1.165, 1.54) is 25.2 Å². The zero-order chi connectivity index (χ0) is 18.2. The van der Waals surface area contributed by atoms with Crippen LogP contribution in [0.3, 0.4) is 0 Å². The number of nitrogens with one attached hydrogen (secondary N) is 1. The van der Waals surface area contributed by atoms with Gasteiger partial charge < -0.3 is 25.4 Å². The number of ether oxygens (including phenoxy) is 1.